The van der Waals surface area contributed by atoms with Crippen molar-refractivity contribution in [3.8, 4) is 0 Å². The van der Waals surface area contributed by atoms with Gasteiger partial charge in [0.25, 0.3) is 0 Å². The fraction of sp³-hybridized carbons (Fsp3) is 0.412. The maximum absolute atomic E-state index is 13.2. The second-order valence-electron chi connectivity index (χ2n) is 6.40. The molecule has 0 spiro atoms. The third kappa shape index (κ3) is 3.84. The van der Waals surface area contributed by atoms with Gasteiger partial charge in [-0.25, -0.2) is 21.2 Å². The van der Waals surface area contributed by atoms with E-state index in [2.05, 4.69) is 0 Å². The Hall–Kier alpha value is -1.71. The summed E-state index contributed by atoms with van der Waals surface area (Å²) < 4.78 is 70.1. The summed E-state index contributed by atoms with van der Waals surface area (Å²) >= 11 is 0. The zero-order valence-corrected chi connectivity index (χ0v) is 15.9. The van der Waals surface area contributed by atoms with E-state index in [9.17, 15) is 21.2 Å². The van der Waals surface area contributed by atoms with Crippen LogP contribution in [0.25, 0.3) is 0 Å². The van der Waals surface area contributed by atoms with Gasteiger partial charge in [0.15, 0.2) is 9.84 Å². The van der Waals surface area contributed by atoms with E-state index in [0.717, 1.165) is 6.07 Å². The predicted molar refractivity (Wildman–Crippen MR) is 94.2 cm³/mol. The van der Waals surface area contributed by atoms with Crippen LogP contribution in [0, 0.1) is 12.7 Å². The quantitative estimate of drug-likeness (QED) is 0.769. The molecule has 0 aliphatic carbocycles. The highest BCUT2D eigenvalue weighted by Gasteiger charge is 2.35. The molecule has 9 heteroatoms. The fourth-order valence-corrected chi connectivity index (χ4v) is 6.58. The molecule has 2 aromatic rings. The number of hydrogen-bond acceptors (Lipinski definition) is 5. The van der Waals surface area contributed by atoms with Gasteiger partial charge >= 0.3 is 0 Å². The number of rotatable bonds is 5. The van der Waals surface area contributed by atoms with Crippen molar-refractivity contribution in [2.24, 2.45) is 0 Å². The molecule has 0 N–H and O–H groups in total. The van der Waals surface area contributed by atoms with Gasteiger partial charge in [0.1, 0.15) is 17.3 Å². The van der Waals surface area contributed by atoms with Crippen LogP contribution in [0.15, 0.2) is 45.9 Å². The number of benzene rings is 1. The molecule has 1 aromatic carbocycles. The van der Waals surface area contributed by atoms with E-state index in [-0.39, 0.29) is 36.6 Å². The second kappa shape index (κ2) is 7.13. The lowest BCUT2D eigenvalue weighted by molar-refractivity contribution is 0.345. The Kier molecular flexibility index (Phi) is 5.23. The first-order valence-electron chi connectivity index (χ1n) is 8.20. The van der Waals surface area contributed by atoms with E-state index in [0.29, 0.717) is 11.3 Å². The van der Waals surface area contributed by atoms with Crippen molar-refractivity contribution in [3.63, 3.8) is 0 Å². The Morgan fingerprint density at radius 2 is 1.85 bits per heavy atom. The summed E-state index contributed by atoms with van der Waals surface area (Å²) in [5, 5.41) is -0.603. The SMILES string of the molecule is Cc1cc(F)ccc1S(=O)(=O)N1CCC(S(=O)(=O)Cc2ccco2)CC1. The Morgan fingerprint density at radius 1 is 1.15 bits per heavy atom. The fourth-order valence-electron chi connectivity index (χ4n) is 3.18. The maximum Gasteiger partial charge on any atom is 0.243 e. The molecule has 1 saturated heterocycles. The molecule has 0 bridgehead atoms. The van der Waals surface area contributed by atoms with E-state index in [1.54, 1.807) is 12.1 Å². The van der Waals surface area contributed by atoms with Gasteiger partial charge < -0.3 is 4.42 Å². The molecule has 1 aromatic heterocycles. The third-order valence-corrected chi connectivity index (χ3v) is 8.82. The number of hydrogen-bond donors (Lipinski definition) is 0. The number of piperidine rings is 1. The summed E-state index contributed by atoms with van der Waals surface area (Å²) in [4.78, 5) is 0.0517. The van der Waals surface area contributed by atoms with Crippen molar-refractivity contribution in [2.45, 2.75) is 35.7 Å². The van der Waals surface area contributed by atoms with Gasteiger partial charge in [-0.1, -0.05) is 0 Å². The van der Waals surface area contributed by atoms with Crippen LogP contribution in [0.3, 0.4) is 0 Å². The minimum atomic E-state index is -3.77. The maximum atomic E-state index is 13.2. The molecule has 1 fully saturated rings. The molecule has 1 aliphatic heterocycles. The van der Waals surface area contributed by atoms with Crippen LogP contribution in [0.2, 0.25) is 0 Å². The van der Waals surface area contributed by atoms with Gasteiger partial charge in [0.05, 0.1) is 16.4 Å². The average Bonchev–Trinajstić information content (AvgIpc) is 3.07. The molecule has 2 heterocycles. The first-order chi connectivity index (χ1) is 12.2. The van der Waals surface area contributed by atoms with Crippen molar-refractivity contribution in [2.75, 3.05) is 13.1 Å². The lowest BCUT2D eigenvalue weighted by Crippen LogP contribution is -2.42. The minimum absolute atomic E-state index is 0.0517. The van der Waals surface area contributed by atoms with Crippen LogP contribution in [-0.2, 0) is 25.6 Å². The van der Waals surface area contributed by atoms with Crippen molar-refractivity contribution in [1.82, 2.24) is 4.31 Å². The largest absolute Gasteiger partial charge is 0.468 e. The van der Waals surface area contributed by atoms with Crippen molar-refractivity contribution >= 4 is 19.9 Å². The van der Waals surface area contributed by atoms with Gasteiger partial charge in [0.2, 0.25) is 10.0 Å². The van der Waals surface area contributed by atoms with E-state index < -0.39 is 30.9 Å². The van der Waals surface area contributed by atoms with Gasteiger partial charge in [0, 0.05) is 13.1 Å². The van der Waals surface area contributed by atoms with Crippen LogP contribution in [-0.4, -0.2) is 39.5 Å². The van der Waals surface area contributed by atoms with Crippen LogP contribution >= 0.6 is 0 Å². The number of aryl methyl sites for hydroxylation is 1. The number of nitrogens with zero attached hydrogens (tertiary/aromatic N) is 1. The van der Waals surface area contributed by atoms with Gasteiger partial charge in [-0.15, -0.1) is 0 Å². The number of furan rings is 1. The Bertz CT molecular complexity index is 976. The summed E-state index contributed by atoms with van der Waals surface area (Å²) in [5.74, 6) is -0.305. The van der Waals surface area contributed by atoms with E-state index in [1.165, 1.54) is 29.6 Å². The molecule has 0 atom stereocenters. The summed E-state index contributed by atoms with van der Waals surface area (Å²) in [5.41, 5.74) is 0.331. The Balaban J connectivity index is 1.71. The molecule has 0 unspecified atom stereocenters. The minimum Gasteiger partial charge on any atom is -0.468 e. The van der Waals surface area contributed by atoms with Crippen molar-refractivity contribution in [3.05, 3.63) is 53.7 Å². The zero-order chi connectivity index (χ0) is 18.9. The standard InChI is InChI=1S/C17H20FNO5S2/c1-13-11-14(18)4-5-17(13)26(22,23)19-8-6-16(7-9-19)25(20,21)12-15-3-2-10-24-15/h2-5,10-11,16H,6-9,12H2,1H3. The van der Waals surface area contributed by atoms with Crippen molar-refractivity contribution in [1.29, 1.82) is 0 Å². The van der Waals surface area contributed by atoms with Crippen LogP contribution in [0.5, 0.6) is 0 Å². The molecular weight excluding hydrogens is 381 g/mol. The molecule has 6 nitrogen and oxygen atoms in total. The van der Waals surface area contributed by atoms with E-state index >= 15 is 0 Å². The molecular formula is C17H20FNO5S2. The Labute approximate surface area is 152 Å². The monoisotopic (exact) mass is 401 g/mol. The van der Waals surface area contributed by atoms with Gasteiger partial charge in [-0.3, -0.25) is 0 Å². The number of sulfone groups is 1. The lowest BCUT2D eigenvalue weighted by atomic mass is 10.2. The average molecular weight is 401 g/mol. The smallest absolute Gasteiger partial charge is 0.243 e. The van der Waals surface area contributed by atoms with E-state index in [1.807, 2.05) is 0 Å². The van der Waals surface area contributed by atoms with E-state index in [4.69, 9.17) is 4.42 Å². The highest BCUT2D eigenvalue weighted by molar-refractivity contribution is 7.91. The topological polar surface area (TPSA) is 84.7 Å². The molecule has 3 rings (SSSR count). The first kappa shape index (κ1) is 19.1. The van der Waals surface area contributed by atoms with Crippen molar-refractivity contribution < 1.29 is 25.6 Å². The predicted octanol–water partition coefficient (Wildman–Crippen LogP) is 2.50. The summed E-state index contributed by atoms with van der Waals surface area (Å²) in [7, 11) is -7.19. The van der Waals surface area contributed by atoms with Crippen LogP contribution < -0.4 is 0 Å². The summed E-state index contributed by atoms with van der Waals surface area (Å²) in [6, 6.07) is 6.77. The number of sulfonamides is 1. The van der Waals surface area contributed by atoms with Gasteiger partial charge in [-0.2, -0.15) is 4.31 Å². The van der Waals surface area contributed by atoms with Gasteiger partial charge in [-0.05, 0) is 55.7 Å². The normalized spacial score (nSPS) is 17.5. The Morgan fingerprint density at radius 3 is 2.42 bits per heavy atom. The molecule has 26 heavy (non-hydrogen) atoms. The third-order valence-electron chi connectivity index (χ3n) is 4.59. The summed E-state index contributed by atoms with van der Waals surface area (Å²) in [6.07, 6.45) is 1.87. The highest BCUT2D eigenvalue weighted by Crippen LogP contribution is 2.27. The first-order valence-corrected chi connectivity index (χ1v) is 11.4. The second-order valence-corrected chi connectivity index (χ2v) is 10.6. The number of halogens is 1. The molecule has 0 amide bonds. The summed E-state index contributed by atoms with van der Waals surface area (Å²) in [6.45, 7) is 1.76. The van der Waals surface area contributed by atoms with Crippen LogP contribution in [0.4, 0.5) is 4.39 Å². The molecule has 0 radical (unpaired) electrons. The molecule has 142 valence electrons. The van der Waals surface area contributed by atoms with Crippen LogP contribution in [0.1, 0.15) is 24.2 Å². The lowest BCUT2D eigenvalue weighted by Gasteiger charge is -2.31. The highest BCUT2D eigenvalue weighted by atomic mass is 32.2. The molecule has 0 saturated carbocycles. The molecule has 1 aliphatic rings. The zero-order valence-electron chi connectivity index (χ0n) is 14.3.